The number of rotatable bonds is 15. The fraction of sp³-hybridized carbons (Fsp3) is 0.688. The summed E-state index contributed by atoms with van der Waals surface area (Å²) >= 11 is 0. The van der Waals surface area contributed by atoms with Crippen LogP contribution in [0.3, 0.4) is 0 Å². The zero-order valence-electron chi connectivity index (χ0n) is 26.8. The van der Waals surface area contributed by atoms with Gasteiger partial charge in [-0.25, -0.2) is 14.4 Å². The van der Waals surface area contributed by atoms with Crippen molar-refractivity contribution in [3.8, 4) is 11.5 Å². The van der Waals surface area contributed by atoms with E-state index in [2.05, 4.69) is 0 Å². The Balaban J connectivity index is 2.03. The van der Waals surface area contributed by atoms with E-state index in [0.29, 0.717) is 18.4 Å². The van der Waals surface area contributed by atoms with Crippen molar-refractivity contribution in [3.05, 3.63) is 23.8 Å². The molecule has 1 saturated carbocycles. The molecule has 0 aliphatic heterocycles. The van der Waals surface area contributed by atoms with Crippen LogP contribution in [0, 0.1) is 0 Å². The Morgan fingerprint density at radius 2 is 1.30 bits per heavy atom. The quantitative estimate of drug-likeness (QED) is 0.124. The van der Waals surface area contributed by atoms with Gasteiger partial charge in [0.25, 0.3) is 0 Å². The van der Waals surface area contributed by atoms with Gasteiger partial charge < -0.3 is 38.9 Å². The van der Waals surface area contributed by atoms with Crippen LogP contribution in [-0.4, -0.2) is 61.0 Å². The van der Waals surface area contributed by atoms with Crippen molar-refractivity contribution in [2.45, 2.75) is 142 Å². The second kappa shape index (κ2) is 19.0. The van der Waals surface area contributed by atoms with Crippen LogP contribution in [0.1, 0.15) is 105 Å². The molecule has 12 heteroatoms. The van der Waals surface area contributed by atoms with Gasteiger partial charge in [-0.05, 0) is 90.3 Å². The Morgan fingerprint density at radius 3 is 1.86 bits per heavy atom. The predicted molar refractivity (Wildman–Crippen MR) is 161 cm³/mol. The van der Waals surface area contributed by atoms with Gasteiger partial charge in [0.1, 0.15) is 36.6 Å². The zero-order chi connectivity index (χ0) is 32.6. The molecule has 0 amide bonds. The van der Waals surface area contributed by atoms with Crippen molar-refractivity contribution in [1.82, 2.24) is 0 Å². The molecule has 0 spiro atoms. The van der Waals surface area contributed by atoms with Crippen LogP contribution in [0.15, 0.2) is 18.2 Å². The largest absolute Gasteiger partial charge is 0.514 e. The van der Waals surface area contributed by atoms with E-state index in [-0.39, 0.29) is 36.2 Å². The van der Waals surface area contributed by atoms with Gasteiger partial charge in [0.05, 0.1) is 0 Å². The molecule has 0 heterocycles. The molecule has 0 saturated heterocycles. The molecule has 5 atom stereocenters. The number of carbonyl (C=O) groups is 4. The van der Waals surface area contributed by atoms with Crippen LogP contribution < -0.4 is 15.2 Å². The molecular weight excluding hydrogens is 574 g/mol. The van der Waals surface area contributed by atoms with Gasteiger partial charge in [-0.1, -0.05) is 39.2 Å². The monoisotopic (exact) mass is 623 g/mol. The lowest BCUT2D eigenvalue weighted by Gasteiger charge is -2.25. The fourth-order valence-corrected chi connectivity index (χ4v) is 4.63. The standard InChI is InChI=1S/C32H49NO11/c1-7-12-20(3)38-30(35)43-27-17-16-24(19-28(27)44-31(36)39-21(4)13-8-2)18-26(33)29(34)40-22(5)23(6)41-32(37)42-25-14-10-9-11-15-25/h16-17,19-23,25-26H,7-15,18,33H2,1-6H3/t20-,21?,22?,23?,26-/m0/s1. The topological polar surface area (TPSA) is 159 Å². The number of benzene rings is 1. The molecule has 2 rings (SSSR count). The summed E-state index contributed by atoms with van der Waals surface area (Å²) in [6.45, 7) is 10.6. The van der Waals surface area contributed by atoms with Crippen molar-refractivity contribution in [2.24, 2.45) is 5.73 Å². The van der Waals surface area contributed by atoms with Crippen LogP contribution >= 0.6 is 0 Å². The molecule has 1 aliphatic carbocycles. The first-order valence-corrected chi connectivity index (χ1v) is 15.6. The maximum absolute atomic E-state index is 12.8. The third-order valence-corrected chi connectivity index (χ3v) is 7.20. The third-order valence-electron chi connectivity index (χ3n) is 7.20. The van der Waals surface area contributed by atoms with E-state index < -0.39 is 42.7 Å². The molecule has 248 valence electrons. The molecule has 44 heavy (non-hydrogen) atoms. The van der Waals surface area contributed by atoms with Gasteiger partial charge in [-0.2, -0.15) is 0 Å². The van der Waals surface area contributed by atoms with E-state index in [1.165, 1.54) is 12.1 Å². The van der Waals surface area contributed by atoms with Gasteiger partial charge in [-0.15, -0.1) is 0 Å². The van der Waals surface area contributed by atoms with Crippen LogP contribution in [0.25, 0.3) is 0 Å². The highest BCUT2D eigenvalue weighted by Crippen LogP contribution is 2.30. The van der Waals surface area contributed by atoms with Crippen LogP contribution in [0.4, 0.5) is 14.4 Å². The van der Waals surface area contributed by atoms with Crippen molar-refractivity contribution < 1.29 is 52.3 Å². The zero-order valence-corrected chi connectivity index (χ0v) is 26.8. The summed E-state index contributed by atoms with van der Waals surface area (Å²) < 4.78 is 37.3. The lowest BCUT2D eigenvalue weighted by molar-refractivity contribution is -0.155. The van der Waals surface area contributed by atoms with Gasteiger partial charge in [0.2, 0.25) is 0 Å². The van der Waals surface area contributed by atoms with Crippen molar-refractivity contribution in [2.75, 3.05) is 0 Å². The summed E-state index contributed by atoms with van der Waals surface area (Å²) in [5.74, 6) is -0.903. The molecule has 0 bridgehead atoms. The number of ether oxygens (including phenoxy) is 7. The van der Waals surface area contributed by atoms with Gasteiger partial charge >= 0.3 is 24.4 Å². The number of carbonyl (C=O) groups excluding carboxylic acids is 4. The van der Waals surface area contributed by atoms with E-state index in [9.17, 15) is 19.2 Å². The number of hydrogen-bond donors (Lipinski definition) is 1. The lowest BCUT2D eigenvalue weighted by atomic mass is 9.98. The first-order chi connectivity index (χ1) is 20.9. The third kappa shape index (κ3) is 13.4. The summed E-state index contributed by atoms with van der Waals surface area (Å²) in [4.78, 5) is 49.7. The van der Waals surface area contributed by atoms with Crippen molar-refractivity contribution in [1.29, 1.82) is 0 Å². The van der Waals surface area contributed by atoms with Crippen LogP contribution in [0.2, 0.25) is 0 Å². The highest BCUT2D eigenvalue weighted by molar-refractivity contribution is 5.76. The fourth-order valence-electron chi connectivity index (χ4n) is 4.63. The maximum atomic E-state index is 12.8. The summed E-state index contributed by atoms with van der Waals surface area (Å²) in [5.41, 5.74) is 6.62. The number of esters is 1. The Morgan fingerprint density at radius 1 is 0.750 bits per heavy atom. The molecule has 1 aromatic rings. The van der Waals surface area contributed by atoms with Gasteiger partial charge in [0, 0.05) is 0 Å². The maximum Gasteiger partial charge on any atom is 0.514 e. The van der Waals surface area contributed by atoms with E-state index >= 15 is 0 Å². The number of hydrogen-bond acceptors (Lipinski definition) is 12. The van der Waals surface area contributed by atoms with E-state index in [1.54, 1.807) is 33.8 Å². The van der Waals surface area contributed by atoms with Crippen LogP contribution in [0.5, 0.6) is 11.5 Å². The molecular formula is C32H49NO11. The summed E-state index contributed by atoms with van der Waals surface area (Å²) in [6, 6.07) is 3.30. The summed E-state index contributed by atoms with van der Waals surface area (Å²) in [7, 11) is 0. The molecule has 1 aromatic carbocycles. The normalized spacial score (nSPS) is 16.8. The molecule has 1 fully saturated rings. The van der Waals surface area contributed by atoms with Gasteiger partial charge in [0.15, 0.2) is 11.5 Å². The van der Waals surface area contributed by atoms with E-state index in [1.807, 2.05) is 13.8 Å². The number of nitrogens with two attached hydrogens (primary N) is 1. The van der Waals surface area contributed by atoms with Crippen molar-refractivity contribution >= 4 is 24.4 Å². The molecule has 0 aromatic heterocycles. The highest BCUT2D eigenvalue weighted by Gasteiger charge is 2.27. The van der Waals surface area contributed by atoms with Crippen molar-refractivity contribution in [3.63, 3.8) is 0 Å². The Hall–Kier alpha value is -3.54. The first kappa shape index (κ1) is 36.7. The van der Waals surface area contributed by atoms with Gasteiger partial charge in [-0.3, -0.25) is 4.79 Å². The predicted octanol–water partition coefficient (Wildman–Crippen LogP) is 6.77. The minimum atomic E-state index is -1.10. The minimum absolute atomic E-state index is 0.000415. The SMILES string of the molecule is CCCC(C)OC(=O)Oc1cc(C[C@H](N)C(=O)OC(C)C(C)OC(=O)OC2CCCCC2)ccc1OC(=O)O[C@@H](C)CCC. The second-order valence-corrected chi connectivity index (χ2v) is 11.3. The first-order valence-electron chi connectivity index (χ1n) is 15.6. The molecule has 1 aliphatic rings. The summed E-state index contributed by atoms with van der Waals surface area (Å²) in [6.07, 6.45) is 2.51. The molecule has 0 radical (unpaired) electrons. The Kier molecular flexibility index (Phi) is 15.8. The van der Waals surface area contributed by atoms with Crippen LogP contribution in [-0.2, 0) is 34.9 Å². The second-order valence-electron chi connectivity index (χ2n) is 11.3. The Labute approximate surface area is 260 Å². The molecule has 2 N–H and O–H groups in total. The molecule has 3 unspecified atom stereocenters. The average molecular weight is 624 g/mol. The van der Waals surface area contributed by atoms with E-state index in [4.69, 9.17) is 38.9 Å². The summed E-state index contributed by atoms with van der Waals surface area (Å²) in [5, 5.41) is 0. The van der Waals surface area contributed by atoms with E-state index in [0.717, 1.165) is 44.9 Å². The lowest BCUT2D eigenvalue weighted by Crippen LogP contribution is -2.39. The Bertz CT molecular complexity index is 1070. The minimum Gasteiger partial charge on any atom is -0.458 e. The molecule has 12 nitrogen and oxygen atoms in total. The average Bonchev–Trinajstić information content (AvgIpc) is 2.94. The highest BCUT2D eigenvalue weighted by atomic mass is 16.8. The smallest absolute Gasteiger partial charge is 0.458 e.